The average molecular weight is 449 g/mol. The summed E-state index contributed by atoms with van der Waals surface area (Å²) in [6.45, 7) is 12.6. The molecule has 1 heterocycles. The van der Waals surface area contributed by atoms with Crippen LogP contribution < -0.4 is 5.73 Å². The van der Waals surface area contributed by atoms with Gasteiger partial charge in [-0.05, 0) is 55.9 Å². The highest BCUT2D eigenvalue weighted by atomic mass is 32.2. The van der Waals surface area contributed by atoms with E-state index in [2.05, 4.69) is 37.2 Å². The summed E-state index contributed by atoms with van der Waals surface area (Å²) in [6, 6.07) is 10.3. The van der Waals surface area contributed by atoms with Crippen LogP contribution in [0.1, 0.15) is 57.1 Å². The van der Waals surface area contributed by atoms with E-state index in [1.807, 2.05) is 68.2 Å². The molecule has 1 aliphatic heterocycles. The molecule has 2 rings (SSSR count). The summed E-state index contributed by atoms with van der Waals surface area (Å²) in [5.41, 5.74) is 11.7. The number of nitrogens with two attached hydrogens (primary N) is 1. The fourth-order valence-corrected chi connectivity index (χ4v) is 5.04. The molecule has 0 amide bonds. The third-order valence-electron chi connectivity index (χ3n) is 5.68. The molecule has 1 aliphatic rings. The summed E-state index contributed by atoms with van der Waals surface area (Å²) >= 11 is 1.86. The molecule has 2 N–H and O–H groups in total. The maximum absolute atomic E-state index is 9.17. The number of aliphatic imine (C=N–C) groups is 1. The SMILES string of the molecule is C=C(CCC(N)CCC)C1CC(c2ccc(C#N)cc2)=C(/C(C=NC(=C)N(C)C)=C/C)S1. The molecule has 1 aromatic carbocycles. The van der Waals surface area contributed by atoms with Crippen molar-refractivity contribution in [2.75, 3.05) is 14.1 Å². The van der Waals surface area contributed by atoms with Gasteiger partial charge in [-0.1, -0.05) is 50.3 Å². The molecule has 0 fully saturated rings. The highest BCUT2D eigenvalue weighted by molar-refractivity contribution is 8.04. The molecule has 2 unspecified atom stereocenters. The molecule has 0 spiro atoms. The van der Waals surface area contributed by atoms with Gasteiger partial charge >= 0.3 is 0 Å². The number of allylic oxidation sites excluding steroid dienone is 3. The Balaban J connectivity index is 2.31. The maximum atomic E-state index is 9.17. The Kier molecular flexibility index (Phi) is 10.0. The molecule has 0 saturated heterocycles. The van der Waals surface area contributed by atoms with E-state index in [9.17, 15) is 0 Å². The Morgan fingerprint density at radius 1 is 1.31 bits per heavy atom. The molecule has 1 aromatic rings. The van der Waals surface area contributed by atoms with E-state index in [1.165, 1.54) is 16.1 Å². The second kappa shape index (κ2) is 12.5. The second-order valence-electron chi connectivity index (χ2n) is 8.37. The van der Waals surface area contributed by atoms with Crippen molar-refractivity contribution in [3.05, 3.63) is 76.5 Å². The molecule has 32 heavy (non-hydrogen) atoms. The van der Waals surface area contributed by atoms with Gasteiger partial charge in [-0.15, -0.1) is 11.8 Å². The summed E-state index contributed by atoms with van der Waals surface area (Å²) in [5, 5.41) is 9.48. The number of hydrogen-bond donors (Lipinski definition) is 1. The lowest BCUT2D eigenvalue weighted by Crippen LogP contribution is -2.20. The van der Waals surface area contributed by atoms with Crippen molar-refractivity contribution < 1.29 is 0 Å². The lowest BCUT2D eigenvalue weighted by molar-refractivity contribution is 0.510. The van der Waals surface area contributed by atoms with Crippen LogP contribution in [0.15, 0.2) is 70.4 Å². The van der Waals surface area contributed by atoms with Gasteiger partial charge in [0.25, 0.3) is 0 Å². The van der Waals surface area contributed by atoms with Crippen LogP contribution in [0.4, 0.5) is 0 Å². The highest BCUT2D eigenvalue weighted by Gasteiger charge is 2.29. The first-order chi connectivity index (χ1) is 15.3. The van der Waals surface area contributed by atoms with Gasteiger partial charge in [0.15, 0.2) is 0 Å². The minimum absolute atomic E-state index is 0.240. The lowest BCUT2D eigenvalue weighted by atomic mass is 9.94. The standard InChI is InChI=1S/C27H36N4S/c1-7-9-24(29)15-10-19(3)26-16-25(23-13-11-21(17-28)12-14-23)27(32-26)22(8-2)18-30-20(4)31(5)6/h8,11-14,18,24,26H,3-4,7,9-10,15-16,29H2,1-2,5-6H3/b22-8+,30-18?. The monoisotopic (exact) mass is 448 g/mol. The number of rotatable bonds is 11. The van der Waals surface area contributed by atoms with Crippen molar-refractivity contribution in [1.29, 1.82) is 5.26 Å². The average Bonchev–Trinajstić information content (AvgIpc) is 3.23. The molecule has 4 nitrogen and oxygen atoms in total. The van der Waals surface area contributed by atoms with E-state index in [-0.39, 0.29) is 6.04 Å². The minimum Gasteiger partial charge on any atom is -0.363 e. The van der Waals surface area contributed by atoms with Crippen molar-refractivity contribution in [3.63, 3.8) is 0 Å². The van der Waals surface area contributed by atoms with Crippen LogP contribution in [-0.4, -0.2) is 36.5 Å². The zero-order valence-corrected chi connectivity index (χ0v) is 20.7. The number of nitrogens with zero attached hydrogens (tertiary/aromatic N) is 3. The molecule has 0 bridgehead atoms. The second-order valence-corrected chi connectivity index (χ2v) is 9.58. The van der Waals surface area contributed by atoms with Crippen LogP contribution in [0.5, 0.6) is 0 Å². The van der Waals surface area contributed by atoms with E-state index in [1.54, 1.807) is 0 Å². The molecule has 0 aromatic heterocycles. The molecular weight excluding hydrogens is 412 g/mol. The Morgan fingerprint density at radius 3 is 2.56 bits per heavy atom. The normalized spacial score (nSPS) is 17.5. The van der Waals surface area contributed by atoms with Crippen LogP contribution >= 0.6 is 11.8 Å². The van der Waals surface area contributed by atoms with E-state index in [0.717, 1.165) is 43.2 Å². The predicted octanol–water partition coefficient (Wildman–Crippen LogP) is 6.29. The number of hydrogen-bond acceptors (Lipinski definition) is 5. The summed E-state index contributed by atoms with van der Waals surface area (Å²) in [7, 11) is 3.87. The van der Waals surface area contributed by atoms with Gasteiger partial charge in [0.2, 0.25) is 0 Å². The van der Waals surface area contributed by atoms with E-state index in [0.29, 0.717) is 16.6 Å². The minimum atomic E-state index is 0.240. The highest BCUT2D eigenvalue weighted by Crippen LogP contribution is 2.48. The summed E-state index contributed by atoms with van der Waals surface area (Å²) in [5.74, 6) is 0.707. The molecule has 0 radical (unpaired) electrons. The van der Waals surface area contributed by atoms with Gasteiger partial charge in [0.1, 0.15) is 5.82 Å². The van der Waals surface area contributed by atoms with Crippen molar-refractivity contribution in [3.8, 4) is 6.07 Å². The van der Waals surface area contributed by atoms with Gasteiger partial charge in [-0.3, -0.25) is 0 Å². The Hall–Kier alpha value is -2.55. The van der Waals surface area contributed by atoms with Crippen molar-refractivity contribution in [2.45, 2.75) is 57.2 Å². The Morgan fingerprint density at radius 2 is 2.00 bits per heavy atom. The summed E-state index contributed by atoms with van der Waals surface area (Å²) in [6.07, 6.45) is 9.00. The Labute approximate surface area is 198 Å². The molecular formula is C27H36N4S. The molecule has 0 aliphatic carbocycles. The summed E-state index contributed by atoms with van der Waals surface area (Å²) < 4.78 is 0. The third-order valence-corrected chi connectivity index (χ3v) is 7.18. The van der Waals surface area contributed by atoms with Crippen LogP contribution in [0.25, 0.3) is 5.57 Å². The molecule has 0 saturated carbocycles. The van der Waals surface area contributed by atoms with Gasteiger partial charge in [0.05, 0.1) is 11.6 Å². The fraction of sp³-hybridized carbons (Fsp3) is 0.407. The predicted molar refractivity (Wildman–Crippen MR) is 140 cm³/mol. The fourth-order valence-electron chi connectivity index (χ4n) is 3.57. The zero-order chi connectivity index (χ0) is 23.7. The van der Waals surface area contributed by atoms with Crippen molar-refractivity contribution in [2.24, 2.45) is 10.7 Å². The van der Waals surface area contributed by atoms with E-state index >= 15 is 0 Å². The zero-order valence-electron chi connectivity index (χ0n) is 19.9. The molecule has 170 valence electrons. The quantitative estimate of drug-likeness (QED) is 0.319. The Bertz CT molecular complexity index is 945. The third kappa shape index (κ3) is 6.98. The first kappa shape index (κ1) is 25.7. The summed E-state index contributed by atoms with van der Waals surface area (Å²) in [4.78, 5) is 7.67. The maximum Gasteiger partial charge on any atom is 0.120 e. The first-order valence-corrected chi connectivity index (χ1v) is 12.1. The van der Waals surface area contributed by atoms with Crippen molar-refractivity contribution >= 4 is 23.5 Å². The number of thioether (sulfide) groups is 1. The van der Waals surface area contributed by atoms with E-state index in [4.69, 9.17) is 11.0 Å². The first-order valence-electron chi connectivity index (χ1n) is 11.2. The van der Waals surface area contributed by atoms with Crippen LogP contribution in [0, 0.1) is 11.3 Å². The molecule has 5 heteroatoms. The van der Waals surface area contributed by atoms with Crippen LogP contribution in [-0.2, 0) is 0 Å². The van der Waals surface area contributed by atoms with Gasteiger partial charge in [0, 0.05) is 42.1 Å². The largest absolute Gasteiger partial charge is 0.363 e. The van der Waals surface area contributed by atoms with Gasteiger partial charge < -0.3 is 10.6 Å². The van der Waals surface area contributed by atoms with Crippen LogP contribution in [0.2, 0.25) is 0 Å². The van der Waals surface area contributed by atoms with Crippen LogP contribution in [0.3, 0.4) is 0 Å². The lowest BCUT2D eigenvalue weighted by Gasteiger charge is -2.16. The number of benzene rings is 1. The molecule has 2 atom stereocenters. The van der Waals surface area contributed by atoms with Gasteiger partial charge in [-0.25, -0.2) is 4.99 Å². The number of nitriles is 1. The van der Waals surface area contributed by atoms with Gasteiger partial charge in [-0.2, -0.15) is 5.26 Å². The van der Waals surface area contributed by atoms with E-state index < -0.39 is 0 Å². The smallest absolute Gasteiger partial charge is 0.120 e. The van der Waals surface area contributed by atoms with Crippen molar-refractivity contribution in [1.82, 2.24) is 4.90 Å². The topological polar surface area (TPSA) is 65.4 Å².